The zero-order valence-electron chi connectivity index (χ0n) is 10.9. The first-order chi connectivity index (χ1) is 9.08. The van der Waals surface area contributed by atoms with Crippen LogP contribution in [-0.4, -0.2) is 24.1 Å². The SMILES string of the molecule is CNc1cc(N(C)Cc2cccc(Cl)c2)nc(N)n1. The van der Waals surface area contributed by atoms with Crippen LogP contribution in [-0.2, 0) is 6.54 Å². The van der Waals surface area contributed by atoms with Crippen LogP contribution in [0.3, 0.4) is 0 Å². The van der Waals surface area contributed by atoms with Crippen molar-refractivity contribution in [2.45, 2.75) is 6.54 Å². The minimum absolute atomic E-state index is 0.250. The van der Waals surface area contributed by atoms with Gasteiger partial charge in [0.2, 0.25) is 5.95 Å². The van der Waals surface area contributed by atoms with Gasteiger partial charge in [-0.3, -0.25) is 0 Å². The Kier molecular flexibility index (Phi) is 4.06. The molecule has 2 aromatic rings. The fourth-order valence-electron chi connectivity index (χ4n) is 1.77. The van der Waals surface area contributed by atoms with Crippen molar-refractivity contribution in [3.05, 3.63) is 40.9 Å². The van der Waals surface area contributed by atoms with E-state index >= 15 is 0 Å². The summed E-state index contributed by atoms with van der Waals surface area (Å²) in [7, 11) is 3.74. The highest BCUT2D eigenvalue weighted by atomic mass is 35.5. The maximum atomic E-state index is 5.97. The summed E-state index contributed by atoms with van der Waals surface area (Å²) in [5, 5.41) is 3.68. The molecule has 0 saturated heterocycles. The number of benzene rings is 1. The Balaban J connectivity index is 2.20. The van der Waals surface area contributed by atoms with Gasteiger partial charge in [0.05, 0.1) is 0 Å². The predicted molar refractivity (Wildman–Crippen MR) is 79.6 cm³/mol. The molecule has 5 nitrogen and oxygen atoms in total. The lowest BCUT2D eigenvalue weighted by molar-refractivity contribution is 0.894. The molecule has 0 spiro atoms. The summed E-state index contributed by atoms with van der Waals surface area (Å²) in [6.45, 7) is 0.695. The standard InChI is InChI=1S/C13H16ClN5/c1-16-11-7-12(18-13(15)17-11)19(2)8-9-4-3-5-10(14)6-9/h3-7H,8H2,1-2H3,(H3,15,16,17,18). The normalized spacial score (nSPS) is 10.3. The molecule has 1 heterocycles. The van der Waals surface area contributed by atoms with Gasteiger partial charge in [-0.2, -0.15) is 9.97 Å². The minimum atomic E-state index is 0.250. The highest BCUT2D eigenvalue weighted by Crippen LogP contribution is 2.19. The Morgan fingerprint density at radius 2 is 2.11 bits per heavy atom. The first-order valence-corrected chi connectivity index (χ1v) is 6.24. The van der Waals surface area contributed by atoms with Crippen LogP contribution < -0.4 is 16.0 Å². The molecule has 0 unspecified atom stereocenters. The lowest BCUT2D eigenvalue weighted by atomic mass is 10.2. The topological polar surface area (TPSA) is 67.1 Å². The fourth-order valence-corrected chi connectivity index (χ4v) is 1.98. The van der Waals surface area contributed by atoms with E-state index in [9.17, 15) is 0 Å². The van der Waals surface area contributed by atoms with Crippen molar-refractivity contribution in [1.82, 2.24) is 9.97 Å². The van der Waals surface area contributed by atoms with Gasteiger partial charge in [0, 0.05) is 31.7 Å². The van der Waals surface area contributed by atoms with Gasteiger partial charge in [-0.1, -0.05) is 23.7 Å². The zero-order chi connectivity index (χ0) is 13.8. The monoisotopic (exact) mass is 277 g/mol. The maximum absolute atomic E-state index is 5.97. The van der Waals surface area contributed by atoms with Crippen LogP contribution in [0.1, 0.15) is 5.56 Å². The van der Waals surface area contributed by atoms with Crippen molar-refractivity contribution in [2.24, 2.45) is 0 Å². The van der Waals surface area contributed by atoms with E-state index in [4.69, 9.17) is 17.3 Å². The number of nitrogens with two attached hydrogens (primary N) is 1. The van der Waals surface area contributed by atoms with Crippen molar-refractivity contribution in [3.63, 3.8) is 0 Å². The van der Waals surface area contributed by atoms with Gasteiger partial charge in [-0.25, -0.2) is 0 Å². The number of nitrogens with zero attached hydrogens (tertiary/aromatic N) is 3. The highest BCUT2D eigenvalue weighted by Gasteiger charge is 2.07. The first kappa shape index (κ1) is 13.4. The van der Waals surface area contributed by atoms with Crippen LogP contribution in [0.25, 0.3) is 0 Å². The molecule has 2 rings (SSSR count). The number of nitrogen functional groups attached to an aromatic ring is 1. The Labute approximate surface area is 117 Å². The van der Waals surface area contributed by atoms with Gasteiger partial charge in [-0.05, 0) is 17.7 Å². The van der Waals surface area contributed by atoms with Crippen molar-refractivity contribution in [3.8, 4) is 0 Å². The third kappa shape index (κ3) is 3.48. The summed E-state index contributed by atoms with van der Waals surface area (Å²) in [6.07, 6.45) is 0. The van der Waals surface area contributed by atoms with Gasteiger partial charge in [0.25, 0.3) is 0 Å². The highest BCUT2D eigenvalue weighted by molar-refractivity contribution is 6.30. The van der Waals surface area contributed by atoms with Crippen molar-refractivity contribution < 1.29 is 0 Å². The molecule has 0 atom stereocenters. The van der Waals surface area contributed by atoms with E-state index in [0.717, 1.165) is 16.4 Å². The van der Waals surface area contributed by atoms with Crippen LogP contribution in [0, 0.1) is 0 Å². The first-order valence-electron chi connectivity index (χ1n) is 5.86. The van der Waals surface area contributed by atoms with E-state index in [1.165, 1.54) is 0 Å². The summed E-state index contributed by atoms with van der Waals surface area (Å²) in [5.41, 5.74) is 6.79. The minimum Gasteiger partial charge on any atom is -0.373 e. The maximum Gasteiger partial charge on any atom is 0.223 e. The molecule has 1 aromatic carbocycles. The number of hydrogen-bond donors (Lipinski definition) is 2. The molecule has 19 heavy (non-hydrogen) atoms. The molecule has 0 amide bonds. The summed E-state index contributed by atoms with van der Waals surface area (Å²) in [5.74, 6) is 1.71. The quantitative estimate of drug-likeness (QED) is 0.898. The van der Waals surface area contributed by atoms with E-state index in [0.29, 0.717) is 12.4 Å². The third-order valence-electron chi connectivity index (χ3n) is 2.69. The van der Waals surface area contributed by atoms with Crippen molar-refractivity contribution in [1.29, 1.82) is 0 Å². The average Bonchev–Trinajstić information content (AvgIpc) is 2.38. The summed E-state index contributed by atoms with van der Waals surface area (Å²) in [6, 6.07) is 9.58. The van der Waals surface area contributed by atoms with E-state index in [1.807, 2.05) is 42.3 Å². The molecule has 0 saturated carbocycles. The molecular formula is C13H16ClN5. The molecule has 1 aromatic heterocycles. The summed E-state index contributed by atoms with van der Waals surface area (Å²) >= 11 is 5.97. The number of hydrogen-bond acceptors (Lipinski definition) is 5. The molecule has 3 N–H and O–H groups in total. The number of nitrogens with one attached hydrogen (secondary N) is 1. The molecule has 0 fully saturated rings. The number of rotatable bonds is 4. The van der Waals surface area contributed by atoms with Gasteiger partial charge in [0.1, 0.15) is 11.6 Å². The Hall–Kier alpha value is -2.01. The average molecular weight is 278 g/mol. The zero-order valence-corrected chi connectivity index (χ0v) is 11.6. The Morgan fingerprint density at radius 3 is 2.79 bits per heavy atom. The predicted octanol–water partition coefficient (Wildman–Crippen LogP) is 2.39. The van der Waals surface area contributed by atoms with Gasteiger partial charge >= 0.3 is 0 Å². The Bertz CT molecular complexity index is 573. The van der Waals surface area contributed by atoms with Crippen LogP contribution >= 0.6 is 11.6 Å². The molecule has 100 valence electrons. The van der Waals surface area contributed by atoms with Crippen LogP contribution in [0.15, 0.2) is 30.3 Å². The lowest BCUT2D eigenvalue weighted by Gasteiger charge is -2.19. The molecular weight excluding hydrogens is 262 g/mol. The van der Waals surface area contributed by atoms with Gasteiger partial charge < -0.3 is 16.0 Å². The van der Waals surface area contributed by atoms with Gasteiger partial charge in [-0.15, -0.1) is 0 Å². The van der Waals surface area contributed by atoms with Gasteiger partial charge in [0.15, 0.2) is 0 Å². The molecule has 0 aliphatic rings. The molecule has 0 radical (unpaired) electrons. The fraction of sp³-hybridized carbons (Fsp3) is 0.231. The largest absolute Gasteiger partial charge is 0.373 e. The Morgan fingerprint density at radius 1 is 1.32 bits per heavy atom. The van der Waals surface area contributed by atoms with E-state index < -0.39 is 0 Å². The molecule has 0 bridgehead atoms. The third-order valence-corrected chi connectivity index (χ3v) is 2.92. The van der Waals surface area contributed by atoms with Crippen LogP contribution in [0.4, 0.5) is 17.6 Å². The van der Waals surface area contributed by atoms with E-state index in [-0.39, 0.29) is 5.95 Å². The lowest BCUT2D eigenvalue weighted by Crippen LogP contribution is -2.19. The smallest absolute Gasteiger partial charge is 0.223 e. The molecule has 6 heteroatoms. The number of anilines is 3. The van der Waals surface area contributed by atoms with Crippen LogP contribution in [0.2, 0.25) is 5.02 Å². The van der Waals surface area contributed by atoms with E-state index in [2.05, 4.69) is 15.3 Å². The second-order valence-electron chi connectivity index (χ2n) is 4.21. The summed E-state index contributed by atoms with van der Waals surface area (Å²) in [4.78, 5) is 10.3. The second kappa shape index (κ2) is 5.75. The van der Waals surface area contributed by atoms with Crippen molar-refractivity contribution in [2.75, 3.05) is 30.0 Å². The van der Waals surface area contributed by atoms with E-state index in [1.54, 1.807) is 7.05 Å². The molecule has 0 aliphatic carbocycles. The number of aromatic nitrogens is 2. The second-order valence-corrected chi connectivity index (χ2v) is 4.64. The molecule has 0 aliphatic heterocycles. The van der Waals surface area contributed by atoms with Crippen LogP contribution in [0.5, 0.6) is 0 Å². The summed E-state index contributed by atoms with van der Waals surface area (Å²) < 4.78 is 0. The van der Waals surface area contributed by atoms with Crippen molar-refractivity contribution >= 4 is 29.2 Å². The number of halogens is 1.